The third kappa shape index (κ3) is 2.74. The van der Waals surface area contributed by atoms with Gasteiger partial charge < -0.3 is 19.0 Å². The Morgan fingerprint density at radius 2 is 1.79 bits per heavy atom. The van der Waals surface area contributed by atoms with E-state index in [0.717, 1.165) is 11.1 Å². The highest BCUT2D eigenvalue weighted by molar-refractivity contribution is 5.88. The maximum absolute atomic E-state index is 12.8. The summed E-state index contributed by atoms with van der Waals surface area (Å²) in [5.41, 5.74) is 2.49. The van der Waals surface area contributed by atoms with Gasteiger partial charge >= 0.3 is 0 Å². The van der Waals surface area contributed by atoms with E-state index in [1.54, 1.807) is 12.1 Å². The topological polar surface area (TPSA) is 68.9 Å². The maximum Gasteiger partial charge on any atom is 0.204 e. The molecule has 0 aliphatic rings. The van der Waals surface area contributed by atoms with Crippen LogP contribution in [0.1, 0.15) is 5.56 Å². The summed E-state index contributed by atoms with van der Waals surface area (Å²) >= 11 is 0. The number of rotatable bonds is 5. The Balaban J connectivity index is 2.14. The van der Waals surface area contributed by atoms with Gasteiger partial charge in [-0.05, 0) is 29.7 Å². The van der Waals surface area contributed by atoms with Crippen LogP contribution >= 0.6 is 0 Å². The molecule has 0 saturated carbocycles. The Morgan fingerprint density at radius 3 is 2.42 bits per heavy atom. The van der Waals surface area contributed by atoms with Crippen LogP contribution in [-0.4, -0.2) is 25.9 Å². The second kappa shape index (κ2) is 6.76. The van der Waals surface area contributed by atoms with E-state index in [4.69, 9.17) is 19.0 Å². The van der Waals surface area contributed by atoms with Crippen molar-refractivity contribution in [3.8, 4) is 22.6 Å². The van der Waals surface area contributed by atoms with Crippen LogP contribution in [0, 0.1) is 0 Å². The summed E-state index contributed by atoms with van der Waals surface area (Å²) < 4.78 is 16.2. The summed E-state index contributed by atoms with van der Waals surface area (Å²) in [4.78, 5) is 12.8. The highest BCUT2D eigenvalue weighted by Crippen LogP contribution is 2.35. The van der Waals surface area contributed by atoms with Crippen molar-refractivity contribution in [2.45, 2.75) is 6.42 Å². The van der Waals surface area contributed by atoms with E-state index in [1.165, 1.54) is 20.5 Å². The Bertz CT molecular complexity index is 909. The van der Waals surface area contributed by atoms with Gasteiger partial charge in [0.2, 0.25) is 11.2 Å². The molecule has 0 amide bonds. The van der Waals surface area contributed by atoms with Crippen molar-refractivity contribution in [1.29, 1.82) is 0 Å². The van der Waals surface area contributed by atoms with Gasteiger partial charge in [0.15, 0.2) is 11.3 Å². The van der Waals surface area contributed by atoms with Gasteiger partial charge in [0, 0.05) is 6.61 Å². The largest absolute Gasteiger partial charge is 0.493 e. The lowest BCUT2D eigenvalue weighted by Gasteiger charge is -2.10. The number of hydrogen-bond acceptors (Lipinski definition) is 5. The first-order chi connectivity index (χ1) is 11.7. The number of aliphatic hydroxyl groups excluding tert-OH is 1. The van der Waals surface area contributed by atoms with Crippen molar-refractivity contribution < 1.29 is 19.0 Å². The zero-order chi connectivity index (χ0) is 17.1. The van der Waals surface area contributed by atoms with Crippen LogP contribution in [0.15, 0.2) is 51.9 Å². The lowest BCUT2D eigenvalue weighted by molar-refractivity contribution is 0.299. The van der Waals surface area contributed by atoms with Crippen LogP contribution in [0.4, 0.5) is 0 Å². The quantitative estimate of drug-likeness (QED) is 0.780. The van der Waals surface area contributed by atoms with Gasteiger partial charge in [-0.1, -0.05) is 24.3 Å². The molecular formula is C19H18O5. The van der Waals surface area contributed by atoms with Crippen LogP contribution in [0.2, 0.25) is 0 Å². The minimum atomic E-state index is -0.132. The number of benzene rings is 2. The highest BCUT2D eigenvalue weighted by Gasteiger charge is 2.16. The Morgan fingerprint density at radius 1 is 1.04 bits per heavy atom. The van der Waals surface area contributed by atoms with Gasteiger partial charge in [-0.2, -0.15) is 0 Å². The van der Waals surface area contributed by atoms with E-state index in [-0.39, 0.29) is 12.0 Å². The molecule has 124 valence electrons. The molecule has 3 rings (SSSR count). The standard InChI is InChI=1S/C19H18O5/c1-22-16-8-7-14-17(21)15(11-24-18(14)19(16)23-2)13-5-3-12(4-6-13)9-10-20/h3-8,11,20H,9-10H2,1-2H3. The second-order valence-electron chi connectivity index (χ2n) is 5.33. The van der Waals surface area contributed by atoms with Crippen molar-refractivity contribution in [3.63, 3.8) is 0 Å². The fourth-order valence-corrected chi connectivity index (χ4v) is 2.69. The van der Waals surface area contributed by atoms with Crippen molar-refractivity contribution >= 4 is 11.0 Å². The predicted octanol–water partition coefficient (Wildman–Crippen LogP) is 3.01. The van der Waals surface area contributed by atoms with Crippen LogP contribution < -0.4 is 14.9 Å². The minimum absolute atomic E-state index is 0.0963. The van der Waals surface area contributed by atoms with E-state index >= 15 is 0 Å². The van der Waals surface area contributed by atoms with Crippen LogP contribution in [0.5, 0.6) is 11.5 Å². The Hall–Kier alpha value is -2.79. The summed E-state index contributed by atoms with van der Waals surface area (Å²) in [7, 11) is 3.04. The lowest BCUT2D eigenvalue weighted by Crippen LogP contribution is -2.06. The van der Waals surface area contributed by atoms with Gasteiger partial charge in [-0.3, -0.25) is 4.79 Å². The average molecular weight is 326 g/mol. The zero-order valence-corrected chi connectivity index (χ0v) is 13.5. The fraction of sp³-hybridized carbons (Fsp3) is 0.211. The SMILES string of the molecule is COc1ccc2c(=O)c(-c3ccc(CCO)cc3)coc2c1OC. The summed E-state index contributed by atoms with van der Waals surface area (Å²) in [6.45, 7) is 0.0963. The van der Waals surface area contributed by atoms with Gasteiger partial charge in [0.05, 0.1) is 25.2 Å². The molecule has 1 heterocycles. The molecule has 0 radical (unpaired) electrons. The van der Waals surface area contributed by atoms with Gasteiger partial charge in [0.25, 0.3) is 0 Å². The summed E-state index contributed by atoms with van der Waals surface area (Å²) in [5, 5.41) is 9.41. The number of aliphatic hydroxyl groups is 1. The third-order valence-electron chi connectivity index (χ3n) is 3.95. The maximum atomic E-state index is 12.8. The average Bonchev–Trinajstić information content (AvgIpc) is 2.62. The number of methoxy groups -OCH3 is 2. The molecular weight excluding hydrogens is 308 g/mol. The lowest BCUT2D eigenvalue weighted by atomic mass is 10.0. The molecule has 0 unspecified atom stereocenters. The summed E-state index contributed by atoms with van der Waals surface area (Å²) in [5.74, 6) is 0.909. The smallest absolute Gasteiger partial charge is 0.204 e. The zero-order valence-electron chi connectivity index (χ0n) is 13.5. The molecule has 0 spiro atoms. The van der Waals surface area contributed by atoms with E-state index in [0.29, 0.717) is 34.5 Å². The molecule has 1 aromatic heterocycles. The molecule has 24 heavy (non-hydrogen) atoms. The molecule has 2 aromatic carbocycles. The third-order valence-corrected chi connectivity index (χ3v) is 3.95. The summed E-state index contributed by atoms with van der Waals surface area (Å²) in [6, 6.07) is 10.8. The molecule has 0 saturated heterocycles. The molecule has 5 nitrogen and oxygen atoms in total. The van der Waals surface area contributed by atoms with E-state index < -0.39 is 0 Å². The number of ether oxygens (including phenoxy) is 2. The number of fused-ring (bicyclic) bond motifs is 1. The van der Waals surface area contributed by atoms with E-state index in [2.05, 4.69) is 0 Å². The van der Waals surface area contributed by atoms with E-state index in [1.807, 2.05) is 24.3 Å². The molecule has 0 aliphatic heterocycles. The fourth-order valence-electron chi connectivity index (χ4n) is 2.69. The molecule has 0 bridgehead atoms. The van der Waals surface area contributed by atoms with E-state index in [9.17, 15) is 4.79 Å². The van der Waals surface area contributed by atoms with Gasteiger partial charge in [-0.15, -0.1) is 0 Å². The second-order valence-corrected chi connectivity index (χ2v) is 5.33. The summed E-state index contributed by atoms with van der Waals surface area (Å²) in [6.07, 6.45) is 2.03. The van der Waals surface area contributed by atoms with Crippen molar-refractivity contribution in [2.24, 2.45) is 0 Å². The molecule has 5 heteroatoms. The van der Waals surface area contributed by atoms with Crippen molar-refractivity contribution in [1.82, 2.24) is 0 Å². The predicted molar refractivity (Wildman–Crippen MR) is 91.8 cm³/mol. The van der Waals surface area contributed by atoms with Gasteiger partial charge in [0.1, 0.15) is 6.26 Å². The van der Waals surface area contributed by atoms with Gasteiger partial charge in [-0.25, -0.2) is 0 Å². The highest BCUT2D eigenvalue weighted by atomic mass is 16.5. The van der Waals surface area contributed by atoms with Crippen LogP contribution in [0.25, 0.3) is 22.1 Å². The molecule has 0 atom stereocenters. The van der Waals surface area contributed by atoms with Crippen molar-refractivity contribution in [3.05, 3.63) is 58.4 Å². The molecule has 3 aromatic rings. The first-order valence-corrected chi connectivity index (χ1v) is 7.56. The Kier molecular flexibility index (Phi) is 4.53. The molecule has 0 aliphatic carbocycles. The monoisotopic (exact) mass is 326 g/mol. The normalized spacial score (nSPS) is 10.8. The number of hydrogen-bond donors (Lipinski definition) is 1. The van der Waals surface area contributed by atoms with Crippen molar-refractivity contribution in [2.75, 3.05) is 20.8 Å². The van der Waals surface area contributed by atoms with Crippen LogP contribution in [-0.2, 0) is 6.42 Å². The minimum Gasteiger partial charge on any atom is -0.493 e. The van der Waals surface area contributed by atoms with Crippen LogP contribution in [0.3, 0.4) is 0 Å². The molecule has 0 fully saturated rings. The Labute approximate surface area is 139 Å². The first-order valence-electron chi connectivity index (χ1n) is 7.56. The first kappa shape index (κ1) is 16.1. The molecule has 1 N–H and O–H groups in total.